The fourth-order valence-electron chi connectivity index (χ4n) is 2.17. The zero-order valence-corrected chi connectivity index (χ0v) is 11.1. The highest BCUT2D eigenvalue weighted by Gasteiger charge is 2.11. The fourth-order valence-corrected chi connectivity index (χ4v) is 2.34. The Labute approximate surface area is 110 Å². The lowest BCUT2D eigenvalue weighted by molar-refractivity contribution is 0.720. The average Bonchev–Trinajstić information content (AvgIpc) is 2.72. The molecule has 18 heavy (non-hydrogen) atoms. The quantitative estimate of drug-likeness (QED) is 0.711. The number of benzene rings is 1. The number of aromatic nitrogens is 4. The molecule has 0 aliphatic rings. The standard InChI is InChI=1S/C13H13ClN4/c1-3-11-17-12-13(18(11)4-2)16-9-6-5-8(14)7-10(9)15-12/h5-7H,3-4H2,1-2H3. The monoisotopic (exact) mass is 260 g/mol. The van der Waals surface area contributed by atoms with Gasteiger partial charge in [0.25, 0.3) is 0 Å². The number of halogens is 1. The molecule has 0 bridgehead atoms. The van der Waals surface area contributed by atoms with Crippen molar-refractivity contribution in [1.29, 1.82) is 0 Å². The van der Waals surface area contributed by atoms with Crippen LogP contribution >= 0.6 is 11.6 Å². The van der Waals surface area contributed by atoms with Gasteiger partial charge >= 0.3 is 0 Å². The number of imidazole rings is 1. The van der Waals surface area contributed by atoms with Gasteiger partial charge in [0.15, 0.2) is 11.3 Å². The maximum atomic E-state index is 5.97. The summed E-state index contributed by atoms with van der Waals surface area (Å²) in [6, 6.07) is 5.54. The molecule has 0 unspecified atom stereocenters. The summed E-state index contributed by atoms with van der Waals surface area (Å²) in [4.78, 5) is 13.7. The van der Waals surface area contributed by atoms with Crippen molar-refractivity contribution in [3.05, 3.63) is 29.0 Å². The molecule has 2 heterocycles. The number of nitrogens with zero attached hydrogens (tertiary/aromatic N) is 4. The molecule has 0 N–H and O–H groups in total. The second-order valence-electron chi connectivity index (χ2n) is 4.13. The number of aryl methyl sites for hydroxylation is 2. The molecule has 4 nitrogen and oxygen atoms in total. The van der Waals surface area contributed by atoms with E-state index in [1.165, 1.54) is 0 Å². The minimum Gasteiger partial charge on any atom is -0.312 e. The maximum absolute atomic E-state index is 5.97. The Morgan fingerprint density at radius 3 is 2.67 bits per heavy atom. The van der Waals surface area contributed by atoms with Gasteiger partial charge in [-0.05, 0) is 25.1 Å². The second-order valence-corrected chi connectivity index (χ2v) is 4.57. The van der Waals surface area contributed by atoms with Crippen LogP contribution in [0.1, 0.15) is 19.7 Å². The molecule has 0 spiro atoms. The first-order valence-electron chi connectivity index (χ1n) is 6.05. The number of hydrogen-bond donors (Lipinski definition) is 0. The zero-order valence-electron chi connectivity index (χ0n) is 10.3. The van der Waals surface area contributed by atoms with Crippen molar-refractivity contribution in [2.75, 3.05) is 0 Å². The summed E-state index contributed by atoms with van der Waals surface area (Å²) < 4.78 is 2.11. The smallest absolute Gasteiger partial charge is 0.198 e. The van der Waals surface area contributed by atoms with Crippen LogP contribution in [0.25, 0.3) is 22.3 Å². The lowest BCUT2D eigenvalue weighted by atomic mass is 10.3. The van der Waals surface area contributed by atoms with Crippen LogP contribution < -0.4 is 0 Å². The summed E-state index contributed by atoms with van der Waals surface area (Å²) in [6.45, 7) is 5.03. The third kappa shape index (κ3) is 1.64. The molecule has 0 radical (unpaired) electrons. The van der Waals surface area contributed by atoms with Gasteiger partial charge in [-0.25, -0.2) is 15.0 Å². The van der Waals surface area contributed by atoms with Crippen molar-refractivity contribution in [3.63, 3.8) is 0 Å². The van der Waals surface area contributed by atoms with E-state index in [1.807, 2.05) is 18.2 Å². The number of rotatable bonds is 2. The molecule has 0 atom stereocenters. The van der Waals surface area contributed by atoms with Crippen molar-refractivity contribution in [3.8, 4) is 0 Å². The van der Waals surface area contributed by atoms with E-state index in [0.717, 1.165) is 35.5 Å². The summed E-state index contributed by atoms with van der Waals surface area (Å²) >= 11 is 5.97. The molecule has 5 heteroatoms. The molecule has 1 aromatic carbocycles. The Morgan fingerprint density at radius 2 is 1.94 bits per heavy atom. The van der Waals surface area contributed by atoms with Crippen molar-refractivity contribution < 1.29 is 0 Å². The SMILES string of the molecule is CCc1nc2nc3cc(Cl)ccc3nc2n1CC. The Kier molecular flexibility index (Phi) is 2.67. The van der Waals surface area contributed by atoms with E-state index in [1.54, 1.807) is 0 Å². The molecule has 92 valence electrons. The molecule has 0 aliphatic carbocycles. The first-order chi connectivity index (χ1) is 8.72. The van der Waals surface area contributed by atoms with Gasteiger partial charge in [-0.2, -0.15) is 0 Å². The normalized spacial score (nSPS) is 11.5. The van der Waals surface area contributed by atoms with Crippen LogP contribution in [0.5, 0.6) is 0 Å². The highest BCUT2D eigenvalue weighted by Crippen LogP contribution is 2.20. The molecular formula is C13H13ClN4. The summed E-state index contributed by atoms with van der Waals surface area (Å²) in [7, 11) is 0. The van der Waals surface area contributed by atoms with Gasteiger partial charge in [-0.15, -0.1) is 0 Å². The molecule has 0 saturated heterocycles. The molecule has 3 rings (SSSR count). The molecule has 0 saturated carbocycles. The van der Waals surface area contributed by atoms with Gasteiger partial charge in [-0.3, -0.25) is 0 Å². The first-order valence-corrected chi connectivity index (χ1v) is 6.43. The van der Waals surface area contributed by atoms with E-state index >= 15 is 0 Å². The number of fused-ring (bicyclic) bond motifs is 2. The van der Waals surface area contributed by atoms with Crippen LogP contribution in [0.4, 0.5) is 0 Å². The number of hydrogen-bond acceptors (Lipinski definition) is 3. The lowest BCUT2D eigenvalue weighted by Gasteiger charge is -2.03. The molecule has 0 aliphatic heterocycles. The van der Waals surface area contributed by atoms with Gasteiger partial charge in [0.2, 0.25) is 0 Å². The van der Waals surface area contributed by atoms with Crippen molar-refractivity contribution >= 4 is 33.9 Å². The van der Waals surface area contributed by atoms with Gasteiger partial charge in [0.1, 0.15) is 5.82 Å². The summed E-state index contributed by atoms with van der Waals surface area (Å²) in [5.74, 6) is 1.02. The summed E-state index contributed by atoms with van der Waals surface area (Å²) in [5, 5.41) is 0.668. The largest absolute Gasteiger partial charge is 0.312 e. The van der Waals surface area contributed by atoms with E-state index in [0.29, 0.717) is 10.7 Å². The van der Waals surface area contributed by atoms with Crippen LogP contribution in [-0.4, -0.2) is 19.5 Å². The fraction of sp³-hybridized carbons (Fsp3) is 0.308. The molecule has 2 aromatic heterocycles. The van der Waals surface area contributed by atoms with E-state index in [2.05, 4.69) is 33.4 Å². The Morgan fingerprint density at radius 1 is 1.11 bits per heavy atom. The van der Waals surface area contributed by atoms with Crippen LogP contribution in [0.15, 0.2) is 18.2 Å². The minimum absolute atomic E-state index is 0.668. The van der Waals surface area contributed by atoms with Crippen molar-refractivity contribution in [1.82, 2.24) is 19.5 Å². The molecule has 0 fully saturated rings. The molecular weight excluding hydrogens is 248 g/mol. The highest BCUT2D eigenvalue weighted by atomic mass is 35.5. The van der Waals surface area contributed by atoms with E-state index < -0.39 is 0 Å². The van der Waals surface area contributed by atoms with Gasteiger partial charge in [0, 0.05) is 18.0 Å². The van der Waals surface area contributed by atoms with E-state index in [-0.39, 0.29) is 0 Å². The predicted molar refractivity (Wildman–Crippen MR) is 72.9 cm³/mol. The van der Waals surface area contributed by atoms with Crippen LogP contribution in [0.2, 0.25) is 5.02 Å². The third-order valence-corrected chi connectivity index (χ3v) is 3.26. The molecule has 3 aromatic rings. The zero-order chi connectivity index (χ0) is 12.7. The van der Waals surface area contributed by atoms with Crippen LogP contribution in [0.3, 0.4) is 0 Å². The van der Waals surface area contributed by atoms with Gasteiger partial charge < -0.3 is 4.57 Å². The van der Waals surface area contributed by atoms with Crippen LogP contribution in [0, 0.1) is 0 Å². The van der Waals surface area contributed by atoms with Gasteiger partial charge in [-0.1, -0.05) is 18.5 Å². The first kappa shape index (κ1) is 11.4. The Hall–Kier alpha value is -1.68. The average molecular weight is 261 g/mol. The van der Waals surface area contributed by atoms with Crippen molar-refractivity contribution in [2.45, 2.75) is 26.8 Å². The van der Waals surface area contributed by atoms with Crippen molar-refractivity contribution in [2.24, 2.45) is 0 Å². The topological polar surface area (TPSA) is 43.6 Å². The predicted octanol–water partition coefficient (Wildman–Crippen LogP) is 3.22. The van der Waals surface area contributed by atoms with E-state index in [4.69, 9.17) is 11.6 Å². The summed E-state index contributed by atoms with van der Waals surface area (Å²) in [5.41, 5.74) is 3.19. The van der Waals surface area contributed by atoms with Gasteiger partial charge in [0.05, 0.1) is 11.0 Å². The maximum Gasteiger partial charge on any atom is 0.198 e. The highest BCUT2D eigenvalue weighted by molar-refractivity contribution is 6.31. The Balaban J connectivity index is 2.39. The molecule has 0 amide bonds. The third-order valence-electron chi connectivity index (χ3n) is 3.02. The second kappa shape index (κ2) is 4.21. The Bertz CT molecular complexity index is 733. The van der Waals surface area contributed by atoms with Crippen LogP contribution in [-0.2, 0) is 13.0 Å². The lowest BCUT2D eigenvalue weighted by Crippen LogP contribution is -2.01. The minimum atomic E-state index is 0.668. The summed E-state index contributed by atoms with van der Waals surface area (Å²) in [6.07, 6.45) is 0.878. The van der Waals surface area contributed by atoms with E-state index in [9.17, 15) is 0 Å².